The SMILES string of the molecule is COC(c1nc(C(=O)O)no1)C1CC1. The molecule has 1 fully saturated rings. The topological polar surface area (TPSA) is 85.5 Å². The van der Waals surface area contributed by atoms with Crippen LogP contribution >= 0.6 is 0 Å². The van der Waals surface area contributed by atoms with E-state index in [2.05, 4.69) is 10.1 Å². The number of ether oxygens (including phenoxy) is 1. The molecule has 1 unspecified atom stereocenters. The third-order valence-electron chi connectivity index (χ3n) is 2.18. The normalized spacial score (nSPS) is 18.1. The molecule has 76 valence electrons. The number of carboxylic acid groups (broad SMARTS) is 1. The van der Waals surface area contributed by atoms with Crippen LogP contribution in [0, 0.1) is 5.92 Å². The molecule has 0 spiro atoms. The number of aromatic carboxylic acids is 1. The van der Waals surface area contributed by atoms with Crippen molar-refractivity contribution in [2.75, 3.05) is 7.11 Å². The summed E-state index contributed by atoms with van der Waals surface area (Å²) in [6, 6.07) is 0. The predicted octanol–water partition coefficient (Wildman–Crippen LogP) is 0.865. The van der Waals surface area contributed by atoms with Crippen molar-refractivity contribution in [3.05, 3.63) is 11.7 Å². The van der Waals surface area contributed by atoms with E-state index in [1.807, 2.05) is 0 Å². The molecule has 0 saturated heterocycles. The molecule has 0 aromatic carbocycles. The van der Waals surface area contributed by atoms with Crippen LogP contribution in [-0.2, 0) is 4.74 Å². The molecule has 0 aliphatic heterocycles. The molecule has 1 aliphatic carbocycles. The summed E-state index contributed by atoms with van der Waals surface area (Å²) < 4.78 is 9.98. The molecule has 1 atom stereocenters. The van der Waals surface area contributed by atoms with Gasteiger partial charge in [-0.1, -0.05) is 0 Å². The first-order chi connectivity index (χ1) is 6.72. The van der Waals surface area contributed by atoms with Gasteiger partial charge in [0.1, 0.15) is 6.10 Å². The highest BCUT2D eigenvalue weighted by Gasteiger charge is 2.36. The largest absolute Gasteiger partial charge is 0.475 e. The van der Waals surface area contributed by atoms with E-state index in [1.165, 1.54) is 0 Å². The van der Waals surface area contributed by atoms with Crippen LogP contribution in [0.1, 0.15) is 35.5 Å². The van der Waals surface area contributed by atoms with Crippen molar-refractivity contribution in [3.63, 3.8) is 0 Å². The Hall–Kier alpha value is -1.43. The minimum atomic E-state index is -1.19. The van der Waals surface area contributed by atoms with Gasteiger partial charge in [0.05, 0.1) is 0 Å². The molecule has 2 rings (SSSR count). The molecule has 1 saturated carbocycles. The predicted molar refractivity (Wildman–Crippen MR) is 43.7 cm³/mol. The number of methoxy groups -OCH3 is 1. The van der Waals surface area contributed by atoms with Crippen molar-refractivity contribution >= 4 is 5.97 Å². The van der Waals surface area contributed by atoms with E-state index in [0.29, 0.717) is 5.92 Å². The first kappa shape index (κ1) is 9.14. The van der Waals surface area contributed by atoms with Crippen LogP contribution in [0.4, 0.5) is 0 Å². The zero-order valence-corrected chi connectivity index (χ0v) is 7.64. The second kappa shape index (κ2) is 3.38. The minimum absolute atomic E-state index is 0.254. The van der Waals surface area contributed by atoms with E-state index in [-0.39, 0.29) is 17.8 Å². The Morgan fingerprint density at radius 2 is 2.43 bits per heavy atom. The van der Waals surface area contributed by atoms with Crippen LogP contribution < -0.4 is 0 Å². The lowest BCUT2D eigenvalue weighted by Gasteiger charge is -2.07. The van der Waals surface area contributed by atoms with E-state index in [0.717, 1.165) is 12.8 Å². The van der Waals surface area contributed by atoms with Crippen molar-refractivity contribution in [2.45, 2.75) is 18.9 Å². The number of rotatable bonds is 4. The lowest BCUT2D eigenvalue weighted by Crippen LogP contribution is -2.05. The van der Waals surface area contributed by atoms with Gasteiger partial charge in [-0.2, -0.15) is 4.98 Å². The molecule has 1 aromatic rings. The third kappa shape index (κ3) is 1.60. The van der Waals surface area contributed by atoms with Crippen molar-refractivity contribution in [3.8, 4) is 0 Å². The number of hydrogen-bond donors (Lipinski definition) is 1. The van der Waals surface area contributed by atoms with E-state index in [1.54, 1.807) is 7.11 Å². The zero-order chi connectivity index (χ0) is 10.1. The molecular formula is C8H10N2O4. The maximum absolute atomic E-state index is 10.5. The highest BCUT2D eigenvalue weighted by Crippen LogP contribution is 2.42. The highest BCUT2D eigenvalue weighted by atomic mass is 16.5. The van der Waals surface area contributed by atoms with E-state index >= 15 is 0 Å². The lowest BCUT2D eigenvalue weighted by molar-refractivity contribution is 0.0561. The number of nitrogens with zero attached hydrogens (tertiary/aromatic N) is 2. The van der Waals surface area contributed by atoms with Crippen LogP contribution in [-0.4, -0.2) is 28.3 Å². The van der Waals surface area contributed by atoms with Gasteiger partial charge in [0.25, 0.3) is 11.7 Å². The molecule has 6 heteroatoms. The molecule has 1 aliphatic rings. The number of aromatic nitrogens is 2. The Bertz CT molecular complexity index is 345. The molecular weight excluding hydrogens is 188 g/mol. The molecule has 1 aromatic heterocycles. The summed E-state index contributed by atoms with van der Waals surface area (Å²) >= 11 is 0. The summed E-state index contributed by atoms with van der Waals surface area (Å²) in [7, 11) is 1.55. The Balaban J connectivity index is 2.17. The maximum atomic E-state index is 10.5. The molecule has 0 radical (unpaired) electrons. The van der Waals surface area contributed by atoms with Crippen LogP contribution in [0.25, 0.3) is 0 Å². The molecule has 0 bridgehead atoms. The van der Waals surface area contributed by atoms with Crippen molar-refractivity contribution < 1.29 is 19.2 Å². The van der Waals surface area contributed by atoms with Crippen molar-refractivity contribution in [1.29, 1.82) is 0 Å². The molecule has 6 nitrogen and oxygen atoms in total. The lowest BCUT2D eigenvalue weighted by atomic mass is 10.2. The first-order valence-corrected chi connectivity index (χ1v) is 4.32. The average Bonchev–Trinajstić information content (AvgIpc) is 2.84. The van der Waals surface area contributed by atoms with Crippen molar-refractivity contribution in [1.82, 2.24) is 10.1 Å². The van der Waals surface area contributed by atoms with Gasteiger partial charge in [-0.25, -0.2) is 4.79 Å². The van der Waals surface area contributed by atoms with Gasteiger partial charge in [-0.15, -0.1) is 0 Å². The fourth-order valence-corrected chi connectivity index (χ4v) is 1.33. The maximum Gasteiger partial charge on any atom is 0.377 e. The quantitative estimate of drug-likeness (QED) is 0.772. The Morgan fingerprint density at radius 1 is 1.71 bits per heavy atom. The van der Waals surface area contributed by atoms with Gasteiger partial charge in [0.15, 0.2) is 0 Å². The minimum Gasteiger partial charge on any atom is -0.475 e. The summed E-state index contributed by atoms with van der Waals surface area (Å²) in [5, 5.41) is 11.9. The van der Waals surface area contributed by atoms with Crippen LogP contribution in [0.3, 0.4) is 0 Å². The van der Waals surface area contributed by atoms with Gasteiger partial charge in [0.2, 0.25) is 0 Å². The smallest absolute Gasteiger partial charge is 0.377 e. The standard InChI is InChI=1S/C8H10N2O4/c1-13-5(4-2-3-4)7-9-6(8(11)12)10-14-7/h4-5H,2-3H2,1H3,(H,11,12). The van der Waals surface area contributed by atoms with Gasteiger partial charge in [-0.3, -0.25) is 0 Å². The summed E-state index contributed by atoms with van der Waals surface area (Å²) in [5.41, 5.74) is 0. The molecule has 1 heterocycles. The van der Waals surface area contributed by atoms with Gasteiger partial charge in [-0.05, 0) is 23.9 Å². The van der Waals surface area contributed by atoms with E-state index in [9.17, 15) is 4.79 Å². The fraction of sp³-hybridized carbons (Fsp3) is 0.625. The summed E-state index contributed by atoms with van der Waals surface area (Å²) in [6.45, 7) is 0. The Labute approximate surface area is 79.9 Å². The van der Waals surface area contributed by atoms with Gasteiger partial charge < -0.3 is 14.4 Å². The fourth-order valence-electron chi connectivity index (χ4n) is 1.33. The number of carbonyl (C=O) groups is 1. The first-order valence-electron chi connectivity index (χ1n) is 4.32. The number of hydrogen-bond acceptors (Lipinski definition) is 5. The van der Waals surface area contributed by atoms with E-state index in [4.69, 9.17) is 14.4 Å². The summed E-state index contributed by atoms with van der Waals surface area (Å²) in [5.74, 6) is -0.858. The van der Waals surface area contributed by atoms with E-state index < -0.39 is 5.97 Å². The highest BCUT2D eigenvalue weighted by molar-refractivity contribution is 5.82. The zero-order valence-electron chi connectivity index (χ0n) is 7.64. The Morgan fingerprint density at radius 3 is 2.86 bits per heavy atom. The van der Waals surface area contributed by atoms with Gasteiger partial charge in [0, 0.05) is 7.11 Å². The molecule has 1 N–H and O–H groups in total. The monoisotopic (exact) mass is 198 g/mol. The molecule has 14 heavy (non-hydrogen) atoms. The van der Waals surface area contributed by atoms with Gasteiger partial charge >= 0.3 is 5.97 Å². The second-order valence-corrected chi connectivity index (χ2v) is 3.26. The second-order valence-electron chi connectivity index (χ2n) is 3.26. The van der Waals surface area contributed by atoms with Crippen molar-refractivity contribution in [2.24, 2.45) is 5.92 Å². The number of carboxylic acids is 1. The van der Waals surface area contributed by atoms with Crippen LogP contribution in [0.15, 0.2) is 4.52 Å². The average molecular weight is 198 g/mol. The summed E-state index contributed by atoms with van der Waals surface area (Å²) in [4.78, 5) is 14.2. The molecule has 0 amide bonds. The third-order valence-corrected chi connectivity index (χ3v) is 2.18. The van der Waals surface area contributed by atoms with Crippen LogP contribution in [0.2, 0.25) is 0 Å². The summed E-state index contributed by atoms with van der Waals surface area (Å²) in [6.07, 6.45) is 1.86. The Kier molecular flexibility index (Phi) is 2.20. The van der Waals surface area contributed by atoms with Crippen LogP contribution in [0.5, 0.6) is 0 Å².